The van der Waals surface area contributed by atoms with Crippen molar-refractivity contribution in [2.75, 3.05) is 6.61 Å². The molecule has 6 nitrogen and oxygen atoms in total. The standard InChI is InChI=1S/C17H15N3O3/c21-10-9-19-16(18-12-17(19)20(22)23)8-6-13-5-7-14-3-1-2-4-15(14)11-13/h1-8,11-12,21H,9-10H2/b8-6+. The quantitative estimate of drug-likeness (QED) is 0.580. The SMILES string of the molecule is O=[N+]([O-])c1cnc(/C=C/c2ccc3ccccc3c2)n1CCO. The van der Waals surface area contributed by atoms with E-state index in [1.807, 2.05) is 48.5 Å². The number of rotatable bonds is 5. The second kappa shape index (κ2) is 6.41. The van der Waals surface area contributed by atoms with Crippen molar-refractivity contribution >= 4 is 28.7 Å². The molecule has 1 heterocycles. The van der Waals surface area contributed by atoms with Crippen LogP contribution in [0.4, 0.5) is 5.82 Å². The number of aliphatic hydroxyl groups excluding tert-OH is 1. The molecule has 6 heteroatoms. The molecule has 0 unspecified atom stereocenters. The van der Waals surface area contributed by atoms with Crippen molar-refractivity contribution in [3.8, 4) is 0 Å². The third-order valence-electron chi connectivity index (χ3n) is 3.57. The molecule has 0 aliphatic carbocycles. The van der Waals surface area contributed by atoms with E-state index in [0.717, 1.165) is 16.3 Å². The Morgan fingerprint density at radius 2 is 1.96 bits per heavy atom. The molecule has 2 aromatic carbocycles. The van der Waals surface area contributed by atoms with Gasteiger partial charge in [0.25, 0.3) is 0 Å². The van der Waals surface area contributed by atoms with Crippen LogP contribution in [-0.2, 0) is 6.54 Å². The normalized spacial score (nSPS) is 11.3. The summed E-state index contributed by atoms with van der Waals surface area (Å²) in [6.45, 7) is -0.0538. The number of hydrogen-bond donors (Lipinski definition) is 1. The Morgan fingerprint density at radius 1 is 1.17 bits per heavy atom. The minimum absolute atomic E-state index is 0.128. The lowest BCUT2D eigenvalue weighted by Crippen LogP contribution is -2.07. The van der Waals surface area contributed by atoms with Crippen LogP contribution in [0.25, 0.3) is 22.9 Å². The van der Waals surface area contributed by atoms with Crippen LogP contribution >= 0.6 is 0 Å². The lowest BCUT2D eigenvalue weighted by molar-refractivity contribution is -0.392. The van der Waals surface area contributed by atoms with Gasteiger partial charge >= 0.3 is 5.82 Å². The third-order valence-corrected chi connectivity index (χ3v) is 3.57. The van der Waals surface area contributed by atoms with Gasteiger partial charge in [-0.25, -0.2) is 9.55 Å². The lowest BCUT2D eigenvalue weighted by atomic mass is 10.1. The van der Waals surface area contributed by atoms with Gasteiger partial charge in [0.2, 0.25) is 5.82 Å². The molecular weight excluding hydrogens is 294 g/mol. The second-order valence-electron chi connectivity index (χ2n) is 5.05. The van der Waals surface area contributed by atoms with Crippen molar-refractivity contribution in [1.82, 2.24) is 9.55 Å². The summed E-state index contributed by atoms with van der Waals surface area (Å²) in [5.41, 5.74) is 0.977. The van der Waals surface area contributed by atoms with Gasteiger partial charge < -0.3 is 15.2 Å². The highest BCUT2D eigenvalue weighted by Gasteiger charge is 2.17. The van der Waals surface area contributed by atoms with Crippen molar-refractivity contribution in [1.29, 1.82) is 0 Å². The molecule has 116 valence electrons. The maximum Gasteiger partial charge on any atom is 0.343 e. The van der Waals surface area contributed by atoms with Gasteiger partial charge in [-0.3, -0.25) is 0 Å². The number of imidazole rings is 1. The fourth-order valence-corrected chi connectivity index (χ4v) is 2.47. The van der Waals surface area contributed by atoms with E-state index in [4.69, 9.17) is 5.11 Å². The van der Waals surface area contributed by atoms with E-state index in [-0.39, 0.29) is 19.0 Å². The number of aromatic nitrogens is 2. The average molecular weight is 309 g/mol. The largest absolute Gasteiger partial charge is 0.392 e. The Hall–Kier alpha value is -2.99. The monoisotopic (exact) mass is 309 g/mol. The molecule has 0 atom stereocenters. The minimum Gasteiger partial charge on any atom is -0.392 e. The Labute approximate surface area is 132 Å². The first-order valence-corrected chi connectivity index (χ1v) is 7.16. The number of benzene rings is 2. The molecule has 0 aliphatic heterocycles. The highest BCUT2D eigenvalue weighted by Crippen LogP contribution is 2.19. The molecule has 1 aromatic heterocycles. The predicted octanol–water partition coefficient (Wildman–Crippen LogP) is 3.11. The van der Waals surface area contributed by atoms with E-state index in [2.05, 4.69) is 4.98 Å². The molecule has 0 bridgehead atoms. The highest BCUT2D eigenvalue weighted by atomic mass is 16.6. The van der Waals surface area contributed by atoms with E-state index >= 15 is 0 Å². The van der Waals surface area contributed by atoms with Crippen molar-refractivity contribution < 1.29 is 10.0 Å². The zero-order valence-electron chi connectivity index (χ0n) is 12.3. The van der Waals surface area contributed by atoms with E-state index in [9.17, 15) is 10.1 Å². The molecule has 3 aromatic rings. The smallest absolute Gasteiger partial charge is 0.343 e. The lowest BCUT2D eigenvalue weighted by Gasteiger charge is -2.01. The molecular formula is C17H15N3O3. The first kappa shape index (κ1) is 14.9. The number of hydrogen-bond acceptors (Lipinski definition) is 4. The van der Waals surface area contributed by atoms with Crippen LogP contribution in [0.1, 0.15) is 11.4 Å². The molecule has 0 fully saturated rings. The van der Waals surface area contributed by atoms with E-state index in [0.29, 0.717) is 5.82 Å². The van der Waals surface area contributed by atoms with Crippen LogP contribution in [-0.4, -0.2) is 26.2 Å². The van der Waals surface area contributed by atoms with Crippen molar-refractivity contribution in [2.45, 2.75) is 6.54 Å². The molecule has 0 saturated heterocycles. The number of fused-ring (bicyclic) bond motifs is 1. The average Bonchev–Trinajstić information content (AvgIpc) is 2.96. The second-order valence-corrected chi connectivity index (χ2v) is 5.05. The summed E-state index contributed by atoms with van der Waals surface area (Å²) in [4.78, 5) is 14.5. The number of aliphatic hydroxyl groups is 1. The molecule has 23 heavy (non-hydrogen) atoms. The van der Waals surface area contributed by atoms with Gasteiger partial charge in [-0.05, 0) is 33.4 Å². The zero-order chi connectivity index (χ0) is 16.2. The molecule has 0 saturated carbocycles. The zero-order valence-corrected chi connectivity index (χ0v) is 12.3. The topological polar surface area (TPSA) is 81.2 Å². The van der Waals surface area contributed by atoms with Crippen LogP contribution in [0.2, 0.25) is 0 Å². The van der Waals surface area contributed by atoms with E-state index in [1.165, 1.54) is 10.8 Å². The van der Waals surface area contributed by atoms with Crippen LogP contribution in [0.5, 0.6) is 0 Å². The van der Waals surface area contributed by atoms with Gasteiger partial charge in [-0.15, -0.1) is 0 Å². The summed E-state index contributed by atoms with van der Waals surface area (Å²) >= 11 is 0. The maximum atomic E-state index is 11.0. The molecule has 0 amide bonds. The van der Waals surface area contributed by atoms with Crippen molar-refractivity contribution in [3.63, 3.8) is 0 Å². The fourth-order valence-electron chi connectivity index (χ4n) is 2.47. The van der Waals surface area contributed by atoms with Gasteiger partial charge in [0.05, 0.1) is 6.61 Å². The summed E-state index contributed by atoms with van der Waals surface area (Å²) < 4.78 is 1.39. The summed E-state index contributed by atoms with van der Waals surface area (Å²) in [5, 5.41) is 22.3. The number of nitrogens with zero attached hydrogens (tertiary/aromatic N) is 3. The minimum atomic E-state index is -0.504. The van der Waals surface area contributed by atoms with E-state index < -0.39 is 4.92 Å². The summed E-state index contributed by atoms with van der Waals surface area (Å²) in [7, 11) is 0. The van der Waals surface area contributed by atoms with Gasteiger partial charge in [0.1, 0.15) is 12.7 Å². The van der Waals surface area contributed by atoms with Crippen LogP contribution in [0, 0.1) is 10.1 Å². The third kappa shape index (κ3) is 3.12. The van der Waals surface area contributed by atoms with Gasteiger partial charge in [-0.2, -0.15) is 0 Å². The Morgan fingerprint density at radius 3 is 2.70 bits per heavy atom. The molecule has 3 rings (SSSR count). The summed E-state index contributed by atoms with van der Waals surface area (Å²) in [6, 6.07) is 14.1. The Kier molecular flexibility index (Phi) is 4.16. The fraction of sp³-hybridized carbons (Fsp3) is 0.118. The first-order chi connectivity index (χ1) is 11.2. The predicted molar refractivity (Wildman–Crippen MR) is 88.8 cm³/mol. The maximum absolute atomic E-state index is 11.0. The highest BCUT2D eigenvalue weighted by molar-refractivity contribution is 5.85. The Balaban J connectivity index is 1.93. The molecule has 0 spiro atoms. The van der Waals surface area contributed by atoms with Crippen LogP contribution in [0.15, 0.2) is 48.7 Å². The van der Waals surface area contributed by atoms with E-state index in [1.54, 1.807) is 6.08 Å². The van der Waals surface area contributed by atoms with Gasteiger partial charge in [-0.1, -0.05) is 36.4 Å². The van der Waals surface area contributed by atoms with Gasteiger partial charge in [0, 0.05) is 6.08 Å². The van der Waals surface area contributed by atoms with Gasteiger partial charge in [0.15, 0.2) is 0 Å². The Bertz CT molecular complexity index is 884. The van der Waals surface area contributed by atoms with Crippen molar-refractivity contribution in [2.24, 2.45) is 0 Å². The summed E-state index contributed by atoms with van der Waals surface area (Å²) in [6.07, 6.45) is 4.77. The summed E-state index contributed by atoms with van der Waals surface area (Å²) in [5.74, 6) is 0.316. The molecule has 0 radical (unpaired) electrons. The van der Waals surface area contributed by atoms with Crippen LogP contribution < -0.4 is 0 Å². The molecule has 0 aliphatic rings. The van der Waals surface area contributed by atoms with Crippen LogP contribution in [0.3, 0.4) is 0 Å². The molecule has 1 N–H and O–H groups in total. The first-order valence-electron chi connectivity index (χ1n) is 7.16. The number of nitro groups is 1. The van der Waals surface area contributed by atoms with Crippen molar-refractivity contribution in [3.05, 3.63) is 70.2 Å².